The van der Waals surface area contributed by atoms with Crippen LogP contribution in [0.25, 0.3) is 0 Å². The lowest BCUT2D eigenvalue weighted by molar-refractivity contribution is 0.188. The van der Waals surface area contributed by atoms with Gasteiger partial charge in [0.05, 0.1) is 17.9 Å². The second-order valence-corrected chi connectivity index (χ2v) is 6.90. The minimum absolute atomic E-state index is 0.137. The highest BCUT2D eigenvalue weighted by molar-refractivity contribution is 5.10. The molecule has 0 radical (unpaired) electrons. The Morgan fingerprint density at radius 3 is 2.45 bits per heavy atom. The molecule has 1 aromatic heterocycles. The second kappa shape index (κ2) is 7.14. The Morgan fingerprint density at radius 2 is 2.00 bits per heavy atom. The molecule has 1 N–H and O–H groups in total. The molecule has 1 aromatic rings. The molecular formula is C16H28FN3. The van der Waals surface area contributed by atoms with Crippen LogP contribution in [0.3, 0.4) is 0 Å². The van der Waals surface area contributed by atoms with Crippen LogP contribution in [0.5, 0.6) is 0 Å². The second-order valence-electron chi connectivity index (χ2n) is 6.90. The first-order valence-corrected chi connectivity index (χ1v) is 7.20. The molecule has 0 aliphatic heterocycles. The fourth-order valence-corrected chi connectivity index (χ4v) is 2.77. The zero-order chi connectivity index (χ0) is 15.3. The number of nitrogens with one attached hydrogen (secondary N) is 1. The van der Waals surface area contributed by atoms with Crippen molar-refractivity contribution in [2.45, 2.75) is 33.7 Å². The van der Waals surface area contributed by atoms with Crippen molar-refractivity contribution < 1.29 is 4.39 Å². The molecule has 0 aliphatic rings. The molecule has 0 spiro atoms. The molecule has 114 valence electrons. The van der Waals surface area contributed by atoms with Crippen LogP contribution in [-0.4, -0.2) is 37.1 Å². The number of halogens is 1. The van der Waals surface area contributed by atoms with Gasteiger partial charge in [-0.3, -0.25) is 4.98 Å². The molecule has 0 aromatic carbocycles. The van der Waals surface area contributed by atoms with Gasteiger partial charge in [-0.1, -0.05) is 27.7 Å². The Kier molecular flexibility index (Phi) is 6.08. The maximum Gasteiger partial charge on any atom is 0.141 e. The van der Waals surface area contributed by atoms with Gasteiger partial charge >= 0.3 is 0 Å². The number of rotatable bonds is 6. The van der Waals surface area contributed by atoms with Crippen molar-refractivity contribution in [2.24, 2.45) is 11.3 Å². The van der Waals surface area contributed by atoms with E-state index in [0.717, 1.165) is 18.8 Å². The number of hydrogen-bond donors (Lipinski definition) is 1. The first-order valence-electron chi connectivity index (χ1n) is 7.20. The first-order chi connectivity index (χ1) is 9.23. The molecule has 4 heteroatoms. The Morgan fingerprint density at radius 1 is 1.35 bits per heavy atom. The van der Waals surface area contributed by atoms with Crippen LogP contribution in [0.15, 0.2) is 18.3 Å². The molecule has 0 fully saturated rings. The molecular weight excluding hydrogens is 253 g/mol. The molecule has 2 atom stereocenters. The number of hydrogen-bond acceptors (Lipinski definition) is 3. The van der Waals surface area contributed by atoms with Gasteiger partial charge in [-0.25, -0.2) is 4.39 Å². The third kappa shape index (κ3) is 5.55. The highest BCUT2D eigenvalue weighted by atomic mass is 19.1. The lowest BCUT2D eigenvalue weighted by atomic mass is 9.94. The zero-order valence-electron chi connectivity index (χ0n) is 13.6. The van der Waals surface area contributed by atoms with E-state index in [2.05, 4.69) is 49.9 Å². The smallest absolute Gasteiger partial charge is 0.141 e. The molecule has 3 nitrogen and oxygen atoms in total. The number of pyridine rings is 1. The molecule has 0 amide bonds. The monoisotopic (exact) mass is 281 g/mol. The SMILES string of the molecule is CNC(c1ccc(F)cn1)C(C)CN(C)CC(C)(C)C. The fourth-order valence-electron chi connectivity index (χ4n) is 2.77. The Hall–Kier alpha value is -1.00. The molecule has 0 saturated heterocycles. The molecule has 0 aliphatic carbocycles. The van der Waals surface area contributed by atoms with Crippen molar-refractivity contribution in [3.63, 3.8) is 0 Å². The van der Waals surface area contributed by atoms with Gasteiger partial charge in [0.15, 0.2) is 0 Å². The molecule has 0 saturated carbocycles. The normalized spacial score (nSPS) is 15.4. The minimum atomic E-state index is -0.291. The van der Waals surface area contributed by atoms with Crippen molar-refractivity contribution in [1.82, 2.24) is 15.2 Å². The summed E-state index contributed by atoms with van der Waals surface area (Å²) in [6.07, 6.45) is 1.28. The van der Waals surface area contributed by atoms with E-state index in [0.29, 0.717) is 5.92 Å². The minimum Gasteiger partial charge on any atom is -0.311 e. The van der Waals surface area contributed by atoms with Gasteiger partial charge in [0, 0.05) is 13.1 Å². The average Bonchev–Trinajstić information content (AvgIpc) is 2.29. The summed E-state index contributed by atoms with van der Waals surface area (Å²) < 4.78 is 13.0. The van der Waals surface area contributed by atoms with Crippen LogP contribution >= 0.6 is 0 Å². The predicted molar refractivity (Wildman–Crippen MR) is 82.1 cm³/mol. The van der Waals surface area contributed by atoms with Gasteiger partial charge < -0.3 is 10.2 Å². The number of aromatic nitrogens is 1. The number of nitrogens with zero attached hydrogens (tertiary/aromatic N) is 2. The summed E-state index contributed by atoms with van der Waals surface area (Å²) >= 11 is 0. The molecule has 0 bridgehead atoms. The van der Waals surface area contributed by atoms with E-state index >= 15 is 0 Å². The van der Waals surface area contributed by atoms with Gasteiger partial charge in [0.25, 0.3) is 0 Å². The van der Waals surface area contributed by atoms with Crippen molar-refractivity contribution >= 4 is 0 Å². The summed E-state index contributed by atoms with van der Waals surface area (Å²) in [5.74, 6) is 0.103. The quantitative estimate of drug-likeness (QED) is 0.868. The highest BCUT2D eigenvalue weighted by Crippen LogP contribution is 2.22. The third-order valence-corrected chi connectivity index (χ3v) is 3.29. The van der Waals surface area contributed by atoms with Gasteiger partial charge in [-0.05, 0) is 37.6 Å². The van der Waals surface area contributed by atoms with Crippen molar-refractivity contribution in [1.29, 1.82) is 0 Å². The lowest BCUT2D eigenvalue weighted by Crippen LogP contribution is -2.37. The van der Waals surface area contributed by atoms with Crippen LogP contribution in [-0.2, 0) is 0 Å². The maximum absolute atomic E-state index is 13.0. The highest BCUT2D eigenvalue weighted by Gasteiger charge is 2.22. The van der Waals surface area contributed by atoms with E-state index in [4.69, 9.17) is 0 Å². The van der Waals surface area contributed by atoms with Crippen molar-refractivity contribution in [3.8, 4) is 0 Å². The summed E-state index contributed by atoms with van der Waals surface area (Å²) in [5.41, 5.74) is 1.18. The van der Waals surface area contributed by atoms with Gasteiger partial charge in [0.2, 0.25) is 0 Å². The van der Waals surface area contributed by atoms with Crippen molar-refractivity contribution in [3.05, 3.63) is 29.8 Å². The lowest BCUT2D eigenvalue weighted by Gasteiger charge is -2.31. The maximum atomic E-state index is 13.0. The van der Waals surface area contributed by atoms with Crippen molar-refractivity contribution in [2.75, 3.05) is 27.2 Å². The largest absolute Gasteiger partial charge is 0.311 e. The van der Waals surface area contributed by atoms with Gasteiger partial charge in [0.1, 0.15) is 5.82 Å². The van der Waals surface area contributed by atoms with E-state index < -0.39 is 0 Å². The molecule has 1 heterocycles. The first kappa shape index (κ1) is 17.1. The van der Waals surface area contributed by atoms with E-state index in [-0.39, 0.29) is 17.3 Å². The average molecular weight is 281 g/mol. The third-order valence-electron chi connectivity index (χ3n) is 3.29. The van der Waals surface area contributed by atoms with E-state index in [1.54, 1.807) is 6.07 Å². The van der Waals surface area contributed by atoms with Crippen LogP contribution in [0.1, 0.15) is 39.4 Å². The van der Waals surface area contributed by atoms with E-state index in [1.165, 1.54) is 12.3 Å². The van der Waals surface area contributed by atoms with Crippen LogP contribution in [0.4, 0.5) is 4.39 Å². The van der Waals surface area contributed by atoms with Crippen LogP contribution < -0.4 is 5.32 Å². The predicted octanol–water partition coefficient (Wildman–Crippen LogP) is 3.10. The summed E-state index contributed by atoms with van der Waals surface area (Å²) in [6, 6.07) is 3.37. The summed E-state index contributed by atoms with van der Waals surface area (Å²) in [4.78, 5) is 6.54. The zero-order valence-corrected chi connectivity index (χ0v) is 13.6. The van der Waals surface area contributed by atoms with Crippen LogP contribution in [0.2, 0.25) is 0 Å². The standard InChI is InChI=1S/C16H28FN3/c1-12(10-20(6)11-16(2,3)4)15(18-5)14-8-7-13(17)9-19-14/h7-9,12,15,18H,10-11H2,1-6H3. The van der Waals surface area contributed by atoms with E-state index in [9.17, 15) is 4.39 Å². The fraction of sp³-hybridized carbons (Fsp3) is 0.688. The van der Waals surface area contributed by atoms with E-state index in [1.807, 2.05) is 7.05 Å². The Bertz CT molecular complexity index is 397. The van der Waals surface area contributed by atoms with Crippen LogP contribution in [0, 0.1) is 17.2 Å². The molecule has 2 unspecified atom stereocenters. The summed E-state index contributed by atoms with van der Waals surface area (Å²) in [5, 5.41) is 3.29. The Labute approximate surface area is 122 Å². The summed E-state index contributed by atoms with van der Waals surface area (Å²) in [6.45, 7) is 10.9. The molecule has 1 rings (SSSR count). The van der Waals surface area contributed by atoms with Gasteiger partial charge in [-0.15, -0.1) is 0 Å². The molecule has 20 heavy (non-hydrogen) atoms. The van der Waals surface area contributed by atoms with Gasteiger partial charge in [-0.2, -0.15) is 0 Å². The summed E-state index contributed by atoms with van der Waals surface area (Å²) in [7, 11) is 4.07. The topological polar surface area (TPSA) is 28.2 Å². The Balaban J connectivity index is 2.67.